The lowest BCUT2D eigenvalue weighted by molar-refractivity contribution is 1.14. The maximum Gasteiger partial charge on any atom is 0.116 e. The molecule has 6 heteroatoms. The van der Waals surface area contributed by atoms with Crippen LogP contribution in [0.2, 0.25) is 0 Å². The van der Waals surface area contributed by atoms with E-state index in [9.17, 15) is 0 Å². The molecule has 7 aromatic rings. The van der Waals surface area contributed by atoms with Crippen LogP contribution in [-0.4, -0.2) is 29.1 Å². The number of fused-ring (bicyclic) bond motifs is 6. The first-order valence-corrected chi connectivity index (χ1v) is 10.4. The Balaban J connectivity index is 1.71. The van der Waals surface area contributed by atoms with Crippen LogP contribution < -0.4 is 0 Å². The van der Waals surface area contributed by atoms with Crippen LogP contribution in [0.25, 0.3) is 55.4 Å². The summed E-state index contributed by atoms with van der Waals surface area (Å²) in [6, 6.07) is 22.7. The summed E-state index contributed by atoms with van der Waals surface area (Å²) in [4.78, 5) is 18.3. The number of nitrogens with zero attached hydrogens (tertiary/aromatic N) is 6. The normalized spacial score (nSPS) is 11.8. The molecule has 0 saturated heterocycles. The van der Waals surface area contributed by atoms with Gasteiger partial charge in [0.2, 0.25) is 0 Å². The van der Waals surface area contributed by atoms with Gasteiger partial charge in [-0.15, -0.1) is 0 Å². The third kappa shape index (κ3) is 2.29. The third-order valence-corrected chi connectivity index (χ3v) is 5.96. The second kappa shape index (κ2) is 6.46. The maximum atomic E-state index is 5.19. The average Bonchev–Trinajstić information content (AvgIpc) is 3.36. The molecule has 0 amide bonds. The van der Waals surface area contributed by atoms with Crippen LogP contribution in [0, 0.1) is 0 Å². The van der Waals surface area contributed by atoms with Gasteiger partial charge in [0.05, 0.1) is 27.6 Å². The molecule has 0 N–H and O–H groups in total. The largest absolute Gasteiger partial charge is 0.307 e. The summed E-state index contributed by atoms with van der Waals surface area (Å²) >= 11 is 0. The van der Waals surface area contributed by atoms with Gasteiger partial charge in [-0.2, -0.15) is 0 Å². The van der Waals surface area contributed by atoms with E-state index in [1.165, 1.54) is 0 Å². The summed E-state index contributed by atoms with van der Waals surface area (Å²) in [7, 11) is 0. The molecule has 0 unspecified atom stereocenters. The summed E-state index contributed by atoms with van der Waals surface area (Å²) in [6.07, 6.45) is 9.08. The Labute approximate surface area is 182 Å². The van der Waals surface area contributed by atoms with Gasteiger partial charge in [-0.05, 0) is 48.5 Å². The highest BCUT2D eigenvalue weighted by Gasteiger charge is 2.19. The first-order valence-electron chi connectivity index (χ1n) is 10.4. The molecule has 0 spiro atoms. The Morgan fingerprint density at radius 1 is 0.500 bits per heavy atom. The zero-order chi connectivity index (χ0) is 21.1. The van der Waals surface area contributed by atoms with E-state index in [1.807, 2.05) is 61.3 Å². The molecule has 6 nitrogen and oxygen atoms in total. The smallest absolute Gasteiger partial charge is 0.116 e. The molecule has 0 aliphatic carbocycles. The lowest BCUT2D eigenvalue weighted by atomic mass is 10.2. The van der Waals surface area contributed by atoms with E-state index < -0.39 is 0 Å². The zero-order valence-corrected chi connectivity index (χ0v) is 16.9. The number of pyridine rings is 4. The predicted molar refractivity (Wildman–Crippen MR) is 126 cm³/mol. The van der Waals surface area contributed by atoms with E-state index in [4.69, 9.17) is 9.97 Å². The summed E-state index contributed by atoms with van der Waals surface area (Å²) < 4.78 is 4.46. The number of rotatable bonds is 2. The van der Waals surface area contributed by atoms with Crippen molar-refractivity contribution in [1.29, 1.82) is 0 Å². The highest BCUT2D eigenvalue weighted by atomic mass is 15.0. The van der Waals surface area contributed by atoms with Gasteiger partial charge in [0.25, 0.3) is 0 Å². The van der Waals surface area contributed by atoms with E-state index in [0.29, 0.717) is 0 Å². The van der Waals surface area contributed by atoms with Crippen LogP contribution >= 0.6 is 0 Å². The lowest BCUT2D eigenvalue weighted by Crippen LogP contribution is -1.96. The summed E-state index contributed by atoms with van der Waals surface area (Å²) in [5, 5.41) is 1.11. The van der Waals surface area contributed by atoms with Gasteiger partial charge in [-0.3, -0.25) is 15.0 Å². The van der Waals surface area contributed by atoms with E-state index in [0.717, 1.165) is 55.4 Å². The Kier molecular flexibility index (Phi) is 3.46. The fraction of sp³-hybridized carbons (Fsp3) is 0. The maximum absolute atomic E-state index is 5.19. The highest BCUT2D eigenvalue weighted by molar-refractivity contribution is 6.14. The van der Waals surface area contributed by atoms with Crippen molar-refractivity contribution in [3.8, 4) is 11.4 Å². The van der Waals surface area contributed by atoms with Crippen molar-refractivity contribution in [3.63, 3.8) is 0 Å². The van der Waals surface area contributed by atoms with Gasteiger partial charge in [-0.25, -0.2) is 4.98 Å². The van der Waals surface area contributed by atoms with Crippen LogP contribution in [0.5, 0.6) is 0 Å². The fourth-order valence-electron chi connectivity index (χ4n) is 4.64. The topological polar surface area (TPSA) is 61.4 Å². The number of para-hydroxylation sites is 1. The number of benzene rings is 1. The van der Waals surface area contributed by atoms with Crippen molar-refractivity contribution >= 4 is 44.0 Å². The van der Waals surface area contributed by atoms with Crippen LogP contribution in [0.3, 0.4) is 0 Å². The molecule has 0 aliphatic rings. The Hall–Kier alpha value is -4.58. The molecular formula is C26H16N6. The van der Waals surface area contributed by atoms with Crippen LogP contribution in [0.4, 0.5) is 0 Å². The zero-order valence-electron chi connectivity index (χ0n) is 16.9. The number of aromatic nitrogens is 6. The van der Waals surface area contributed by atoms with E-state index in [2.05, 4.69) is 55.5 Å². The van der Waals surface area contributed by atoms with Crippen molar-refractivity contribution in [2.24, 2.45) is 0 Å². The molecule has 0 radical (unpaired) electrons. The molecule has 32 heavy (non-hydrogen) atoms. The quantitative estimate of drug-likeness (QED) is 0.378. The lowest BCUT2D eigenvalue weighted by Gasteiger charge is -2.09. The minimum absolute atomic E-state index is 0.891. The summed E-state index contributed by atoms with van der Waals surface area (Å²) in [5.41, 5.74) is 9.01. The van der Waals surface area contributed by atoms with Gasteiger partial charge in [0.15, 0.2) is 0 Å². The van der Waals surface area contributed by atoms with Gasteiger partial charge in [-0.1, -0.05) is 18.2 Å². The van der Waals surface area contributed by atoms with Crippen molar-refractivity contribution in [1.82, 2.24) is 29.1 Å². The molecule has 1 aromatic carbocycles. The van der Waals surface area contributed by atoms with Crippen molar-refractivity contribution in [2.75, 3.05) is 0 Å². The summed E-state index contributed by atoms with van der Waals surface area (Å²) in [5.74, 6) is 0. The van der Waals surface area contributed by atoms with Crippen molar-refractivity contribution in [2.45, 2.75) is 0 Å². The Morgan fingerprint density at radius 3 is 1.88 bits per heavy atom. The van der Waals surface area contributed by atoms with Gasteiger partial charge < -0.3 is 9.13 Å². The molecule has 0 bridgehead atoms. The predicted octanol–water partition coefficient (Wildman–Crippen LogP) is 5.46. The molecule has 0 aliphatic heterocycles. The average molecular weight is 412 g/mol. The van der Waals surface area contributed by atoms with Crippen molar-refractivity contribution in [3.05, 3.63) is 97.7 Å². The molecule has 0 saturated carbocycles. The standard InChI is InChI=1S/C26H16N6/c1-2-5-20-19(4-1)24-22(31(20)17-7-12-27-13-8-17)16-23-26(30-24)25-21(6-3-11-29-25)32(23)18-9-14-28-15-10-18/h1-16H. The molecule has 0 atom stereocenters. The van der Waals surface area contributed by atoms with Crippen LogP contribution in [0.1, 0.15) is 0 Å². The first kappa shape index (κ1) is 17.1. The Morgan fingerprint density at radius 2 is 1.12 bits per heavy atom. The highest BCUT2D eigenvalue weighted by Crippen LogP contribution is 2.36. The van der Waals surface area contributed by atoms with E-state index >= 15 is 0 Å². The van der Waals surface area contributed by atoms with Gasteiger partial charge in [0, 0.05) is 47.7 Å². The molecule has 6 heterocycles. The van der Waals surface area contributed by atoms with E-state index in [1.54, 1.807) is 0 Å². The molecule has 6 aromatic heterocycles. The molecular weight excluding hydrogens is 396 g/mol. The second-order valence-corrected chi connectivity index (χ2v) is 7.69. The Bertz CT molecular complexity index is 1640. The number of hydrogen-bond donors (Lipinski definition) is 0. The minimum Gasteiger partial charge on any atom is -0.307 e. The molecule has 150 valence electrons. The first-order chi connectivity index (χ1) is 15.9. The van der Waals surface area contributed by atoms with Crippen LogP contribution in [-0.2, 0) is 0 Å². The van der Waals surface area contributed by atoms with E-state index in [-0.39, 0.29) is 0 Å². The summed E-state index contributed by atoms with van der Waals surface area (Å²) in [6.45, 7) is 0. The van der Waals surface area contributed by atoms with Gasteiger partial charge >= 0.3 is 0 Å². The monoisotopic (exact) mass is 412 g/mol. The second-order valence-electron chi connectivity index (χ2n) is 7.69. The molecule has 7 rings (SSSR count). The fourth-order valence-corrected chi connectivity index (χ4v) is 4.64. The SMILES string of the molecule is c1ccc2c(c1)c1nc3c4ncccc4n(-c4ccncc4)c3cc1n2-c1ccncc1. The van der Waals surface area contributed by atoms with Gasteiger partial charge in [0.1, 0.15) is 11.0 Å². The third-order valence-electron chi connectivity index (χ3n) is 5.96. The van der Waals surface area contributed by atoms with Crippen LogP contribution in [0.15, 0.2) is 97.7 Å². The number of hydrogen-bond acceptors (Lipinski definition) is 4. The minimum atomic E-state index is 0.891. The molecule has 0 fully saturated rings. The van der Waals surface area contributed by atoms with Crippen molar-refractivity contribution < 1.29 is 0 Å².